The van der Waals surface area contributed by atoms with E-state index in [1.165, 1.54) is 17.8 Å². The van der Waals surface area contributed by atoms with Crippen LogP contribution in [0.2, 0.25) is 0 Å². The van der Waals surface area contributed by atoms with Crippen molar-refractivity contribution in [1.82, 2.24) is 4.90 Å². The van der Waals surface area contributed by atoms with Crippen molar-refractivity contribution in [3.63, 3.8) is 0 Å². The molecular weight excluding hydrogens is 370 g/mol. The first kappa shape index (κ1) is 20.6. The van der Waals surface area contributed by atoms with Gasteiger partial charge in [0.2, 0.25) is 0 Å². The first-order valence-electron chi connectivity index (χ1n) is 9.81. The fourth-order valence-electron chi connectivity index (χ4n) is 3.34. The maximum atomic E-state index is 12.7. The summed E-state index contributed by atoms with van der Waals surface area (Å²) >= 11 is 0. The van der Waals surface area contributed by atoms with E-state index in [0.29, 0.717) is 19.6 Å². The standard InChI is InChI=1S/C21H27N5O3/c1-21(2,3)16-5-7-17(8-6-16)23-20(27)25-12-4-11-24(13-14-25)19-10-9-18(15-22-19)26(28)29/h5-10,15H,4,11-14H2,1-3H3,(H,23,27)/p+1. The van der Waals surface area contributed by atoms with Gasteiger partial charge in [-0.1, -0.05) is 32.9 Å². The molecular formula is C21H28N5O3+. The van der Waals surface area contributed by atoms with Crippen molar-refractivity contribution in [1.29, 1.82) is 0 Å². The van der Waals surface area contributed by atoms with Crippen molar-refractivity contribution >= 4 is 23.2 Å². The van der Waals surface area contributed by atoms with Gasteiger partial charge in [-0.15, -0.1) is 0 Å². The molecule has 29 heavy (non-hydrogen) atoms. The molecule has 0 aliphatic carbocycles. The lowest BCUT2D eigenvalue weighted by atomic mass is 9.87. The van der Waals surface area contributed by atoms with Crippen molar-refractivity contribution in [2.45, 2.75) is 32.6 Å². The Morgan fingerprint density at radius 1 is 1.07 bits per heavy atom. The number of nitrogens with zero attached hydrogens (tertiary/aromatic N) is 3. The second-order valence-electron chi connectivity index (χ2n) is 8.27. The van der Waals surface area contributed by atoms with Gasteiger partial charge in [-0.3, -0.25) is 15.0 Å². The molecule has 3 rings (SSSR count). The van der Waals surface area contributed by atoms with Gasteiger partial charge < -0.3 is 10.2 Å². The number of pyridine rings is 1. The van der Waals surface area contributed by atoms with Crippen LogP contribution in [0, 0.1) is 10.1 Å². The second kappa shape index (κ2) is 8.46. The molecule has 0 radical (unpaired) electrons. The summed E-state index contributed by atoms with van der Waals surface area (Å²) in [5.41, 5.74) is 2.11. The van der Waals surface area contributed by atoms with Crippen LogP contribution in [0.15, 0.2) is 42.6 Å². The number of H-pyrrole nitrogens is 1. The minimum Gasteiger partial charge on any atom is -0.320 e. The van der Waals surface area contributed by atoms with Gasteiger partial charge in [0.25, 0.3) is 5.82 Å². The summed E-state index contributed by atoms with van der Waals surface area (Å²) in [7, 11) is 0. The lowest BCUT2D eigenvalue weighted by molar-refractivity contribution is -0.414. The van der Waals surface area contributed by atoms with Crippen LogP contribution in [-0.2, 0) is 5.41 Å². The molecule has 2 N–H and O–H groups in total. The highest BCUT2D eigenvalue weighted by molar-refractivity contribution is 5.89. The summed E-state index contributed by atoms with van der Waals surface area (Å²) in [4.78, 5) is 29.9. The fourth-order valence-corrected chi connectivity index (χ4v) is 3.34. The number of hydrogen-bond donors (Lipinski definition) is 1. The average molecular weight is 398 g/mol. The number of aromatic nitrogens is 1. The van der Waals surface area contributed by atoms with Crippen molar-refractivity contribution in [3.8, 4) is 0 Å². The molecule has 1 aliphatic heterocycles. The van der Waals surface area contributed by atoms with Gasteiger partial charge in [-0.05, 0) is 23.1 Å². The molecule has 2 heterocycles. The van der Waals surface area contributed by atoms with E-state index in [1.807, 2.05) is 29.2 Å². The van der Waals surface area contributed by atoms with E-state index in [-0.39, 0.29) is 17.1 Å². The van der Waals surface area contributed by atoms with E-state index in [2.05, 4.69) is 36.0 Å². The average Bonchev–Trinajstić information content (AvgIpc) is 2.94. The molecule has 0 spiro atoms. The van der Waals surface area contributed by atoms with Gasteiger partial charge in [0.15, 0.2) is 6.20 Å². The Kier molecular flexibility index (Phi) is 6.00. The van der Waals surface area contributed by atoms with Crippen molar-refractivity contribution in [2.75, 3.05) is 36.4 Å². The number of benzene rings is 1. The van der Waals surface area contributed by atoms with Crippen LogP contribution in [0.3, 0.4) is 0 Å². The summed E-state index contributed by atoms with van der Waals surface area (Å²) in [5.74, 6) is 0.815. The van der Waals surface area contributed by atoms with Crippen LogP contribution in [0.4, 0.5) is 22.0 Å². The predicted octanol–water partition coefficient (Wildman–Crippen LogP) is 3.45. The first-order valence-corrected chi connectivity index (χ1v) is 9.81. The molecule has 1 aliphatic rings. The van der Waals surface area contributed by atoms with E-state index >= 15 is 0 Å². The lowest BCUT2D eigenvalue weighted by Gasteiger charge is -2.22. The van der Waals surface area contributed by atoms with Crippen LogP contribution >= 0.6 is 0 Å². The monoisotopic (exact) mass is 398 g/mol. The van der Waals surface area contributed by atoms with Crippen LogP contribution in [0.1, 0.15) is 32.8 Å². The number of anilines is 2. The Labute approximate surface area is 170 Å². The number of rotatable bonds is 3. The molecule has 0 bridgehead atoms. The highest BCUT2D eigenvalue weighted by Gasteiger charge is 2.24. The largest absolute Gasteiger partial charge is 0.321 e. The summed E-state index contributed by atoms with van der Waals surface area (Å²) in [5, 5.41) is 13.8. The number of nitrogens with one attached hydrogen (secondary N) is 2. The minimum absolute atomic E-state index is 0.0297. The third-order valence-corrected chi connectivity index (χ3v) is 5.12. The molecule has 8 nitrogen and oxygen atoms in total. The molecule has 2 amide bonds. The second-order valence-corrected chi connectivity index (χ2v) is 8.27. The normalized spacial score (nSPS) is 15.0. The van der Waals surface area contributed by atoms with E-state index in [9.17, 15) is 14.9 Å². The first-order chi connectivity index (χ1) is 13.7. The zero-order chi connectivity index (χ0) is 21.0. The zero-order valence-corrected chi connectivity index (χ0v) is 17.1. The van der Waals surface area contributed by atoms with E-state index in [0.717, 1.165) is 24.5 Å². The van der Waals surface area contributed by atoms with Gasteiger partial charge in [0, 0.05) is 30.8 Å². The molecule has 8 heteroatoms. The fraction of sp³-hybridized carbons (Fsp3) is 0.429. The molecule has 0 atom stereocenters. The molecule has 1 saturated heterocycles. The zero-order valence-electron chi connectivity index (χ0n) is 17.1. The summed E-state index contributed by atoms with van der Waals surface area (Å²) in [6, 6.07) is 11.1. The molecule has 0 saturated carbocycles. The number of urea groups is 1. The van der Waals surface area contributed by atoms with Gasteiger partial charge in [0.1, 0.15) is 6.54 Å². The van der Waals surface area contributed by atoms with E-state index in [4.69, 9.17) is 0 Å². The van der Waals surface area contributed by atoms with Gasteiger partial charge >= 0.3 is 11.7 Å². The van der Waals surface area contributed by atoms with Gasteiger partial charge in [-0.25, -0.2) is 9.78 Å². The quantitative estimate of drug-likeness (QED) is 0.633. The Morgan fingerprint density at radius 3 is 2.38 bits per heavy atom. The topological polar surface area (TPSA) is 92.9 Å². The summed E-state index contributed by atoms with van der Waals surface area (Å²) in [6.45, 7) is 9.15. The van der Waals surface area contributed by atoms with Gasteiger partial charge in [-0.2, -0.15) is 0 Å². The van der Waals surface area contributed by atoms with Crippen LogP contribution in [-0.4, -0.2) is 42.0 Å². The number of carbonyl (C=O) groups is 1. The van der Waals surface area contributed by atoms with E-state index < -0.39 is 4.92 Å². The molecule has 2 aromatic rings. The van der Waals surface area contributed by atoms with Crippen molar-refractivity contribution < 1.29 is 14.7 Å². The number of aromatic amines is 1. The molecule has 1 aromatic heterocycles. The maximum Gasteiger partial charge on any atom is 0.321 e. The van der Waals surface area contributed by atoms with E-state index in [1.54, 1.807) is 6.07 Å². The molecule has 1 aromatic carbocycles. The summed E-state index contributed by atoms with van der Waals surface area (Å²) in [6.07, 6.45) is 2.22. The smallest absolute Gasteiger partial charge is 0.320 e. The number of nitro groups is 1. The van der Waals surface area contributed by atoms with Crippen LogP contribution in [0.25, 0.3) is 0 Å². The number of amides is 2. The third-order valence-electron chi connectivity index (χ3n) is 5.12. The Hall–Kier alpha value is -3.16. The number of hydrogen-bond acceptors (Lipinski definition) is 4. The predicted molar refractivity (Wildman–Crippen MR) is 112 cm³/mol. The number of carbonyl (C=O) groups excluding carboxylic acids is 1. The Morgan fingerprint density at radius 2 is 1.79 bits per heavy atom. The van der Waals surface area contributed by atoms with Crippen LogP contribution in [0.5, 0.6) is 0 Å². The highest BCUT2D eigenvalue weighted by atomic mass is 16.6. The van der Waals surface area contributed by atoms with Crippen molar-refractivity contribution in [2.24, 2.45) is 0 Å². The molecule has 0 unspecified atom stereocenters. The molecule has 154 valence electrons. The Balaban J connectivity index is 1.58. The van der Waals surface area contributed by atoms with Crippen molar-refractivity contribution in [3.05, 3.63) is 58.3 Å². The van der Waals surface area contributed by atoms with Gasteiger partial charge in [0.05, 0.1) is 18.0 Å². The molecule has 1 fully saturated rings. The lowest BCUT2D eigenvalue weighted by Crippen LogP contribution is -2.38. The maximum absolute atomic E-state index is 12.7. The minimum atomic E-state index is -0.428. The third kappa shape index (κ3) is 5.22. The van der Waals surface area contributed by atoms with Crippen LogP contribution < -0.4 is 15.2 Å². The SMILES string of the molecule is CC(C)(C)c1ccc(NC(=O)N2CCCN(c3ccc([N+](=O)[O-])c[nH+]3)CC2)cc1. The Bertz CT molecular complexity index is 859. The highest BCUT2D eigenvalue weighted by Crippen LogP contribution is 2.23. The summed E-state index contributed by atoms with van der Waals surface area (Å²) < 4.78 is 0.